The number of fused-ring (bicyclic) bond motifs is 1. The summed E-state index contributed by atoms with van der Waals surface area (Å²) in [7, 11) is 0. The molecule has 1 heterocycles. The number of nitrogens with two attached hydrogens (primary N) is 1. The lowest BCUT2D eigenvalue weighted by molar-refractivity contribution is -0.127. The maximum Gasteiger partial charge on any atom is 0.392 e. The van der Waals surface area contributed by atoms with Gasteiger partial charge < -0.3 is 10.3 Å². The lowest BCUT2D eigenvalue weighted by Crippen LogP contribution is -2.10. The van der Waals surface area contributed by atoms with Crippen LogP contribution in [0.2, 0.25) is 0 Å². The molecule has 1 aromatic heterocycles. The third kappa shape index (κ3) is 3.71. The van der Waals surface area contributed by atoms with Crippen LogP contribution in [0.1, 0.15) is 30.4 Å². The third-order valence-electron chi connectivity index (χ3n) is 5.55. The van der Waals surface area contributed by atoms with Crippen LogP contribution in [-0.2, 0) is 0 Å². The van der Waals surface area contributed by atoms with Crippen molar-refractivity contribution >= 4 is 22.3 Å². The van der Waals surface area contributed by atoms with Gasteiger partial charge in [0.05, 0.1) is 23.6 Å². The van der Waals surface area contributed by atoms with E-state index in [2.05, 4.69) is 6.07 Å². The van der Waals surface area contributed by atoms with Gasteiger partial charge in [0.1, 0.15) is 0 Å². The highest BCUT2D eigenvalue weighted by molar-refractivity contribution is 6.00. The van der Waals surface area contributed by atoms with Gasteiger partial charge in [0, 0.05) is 28.5 Å². The van der Waals surface area contributed by atoms with Gasteiger partial charge in [-0.1, -0.05) is 23.8 Å². The number of nitrogens with zero attached hydrogens (tertiary/aromatic N) is 2. The largest absolute Gasteiger partial charge is 0.398 e. The van der Waals surface area contributed by atoms with Gasteiger partial charge in [-0.2, -0.15) is 18.4 Å². The number of alkyl halides is 3. The second-order valence-corrected chi connectivity index (χ2v) is 7.55. The predicted molar refractivity (Wildman–Crippen MR) is 114 cm³/mol. The molecule has 0 unspecified atom stereocenters. The number of nitriles is 1. The van der Waals surface area contributed by atoms with E-state index >= 15 is 0 Å². The van der Waals surface area contributed by atoms with Gasteiger partial charge in [0.2, 0.25) is 0 Å². The number of benzene rings is 2. The summed E-state index contributed by atoms with van der Waals surface area (Å²) in [6, 6.07) is 13.4. The smallest absolute Gasteiger partial charge is 0.392 e. The lowest BCUT2D eigenvalue weighted by Gasteiger charge is -2.17. The zero-order chi connectivity index (χ0) is 21.5. The lowest BCUT2D eigenvalue weighted by atomic mass is 9.98. The standard InChI is InChI=1S/C24H20F3N3/c1-15-19(3-2-4-22(15)29)21-14-30(23-10-7-17(13-28)11-20(21)23)18-8-5-16(6-9-18)12-24(25,26)27/h2-5,7-8,10-11,14H,6,9,12,29H2,1H3. The average Bonchev–Trinajstić information content (AvgIpc) is 3.08. The van der Waals surface area contributed by atoms with Gasteiger partial charge >= 0.3 is 6.18 Å². The number of rotatable bonds is 3. The summed E-state index contributed by atoms with van der Waals surface area (Å²) in [5.41, 5.74) is 12.4. The fourth-order valence-corrected chi connectivity index (χ4v) is 3.97. The van der Waals surface area contributed by atoms with Crippen molar-refractivity contribution in [1.29, 1.82) is 5.26 Å². The Morgan fingerprint density at radius 1 is 1.10 bits per heavy atom. The maximum absolute atomic E-state index is 12.7. The number of anilines is 1. The molecule has 0 atom stereocenters. The van der Waals surface area contributed by atoms with Crippen LogP contribution in [0.25, 0.3) is 27.7 Å². The van der Waals surface area contributed by atoms with Crippen molar-refractivity contribution in [2.45, 2.75) is 32.4 Å². The van der Waals surface area contributed by atoms with E-state index in [9.17, 15) is 18.4 Å². The second kappa shape index (κ2) is 7.42. The molecule has 3 nitrogen and oxygen atoms in total. The van der Waals surface area contributed by atoms with Crippen LogP contribution < -0.4 is 5.73 Å². The molecule has 0 saturated heterocycles. The molecule has 2 aromatic carbocycles. The van der Waals surface area contributed by atoms with Gasteiger partial charge in [-0.3, -0.25) is 0 Å². The Hall–Kier alpha value is -3.46. The molecule has 0 saturated carbocycles. The molecule has 0 fully saturated rings. The minimum Gasteiger partial charge on any atom is -0.398 e. The summed E-state index contributed by atoms with van der Waals surface area (Å²) >= 11 is 0. The van der Waals surface area contributed by atoms with Crippen molar-refractivity contribution in [3.05, 3.63) is 71.4 Å². The monoisotopic (exact) mass is 407 g/mol. The minimum atomic E-state index is -4.19. The number of hydrogen-bond acceptors (Lipinski definition) is 2. The van der Waals surface area contributed by atoms with Crippen LogP contribution >= 0.6 is 0 Å². The first kappa shape index (κ1) is 19.8. The highest BCUT2D eigenvalue weighted by Crippen LogP contribution is 2.38. The first-order chi connectivity index (χ1) is 14.3. The van der Waals surface area contributed by atoms with Crippen LogP contribution in [-0.4, -0.2) is 10.7 Å². The minimum absolute atomic E-state index is 0.369. The summed E-state index contributed by atoms with van der Waals surface area (Å²) in [6.45, 7) is 1.95. The second-order valence-electron chi connectivity index (χ2n) is 7.55. The summed E-state index contributed by atoms with van der Waals surface area (Å²) in [5.74, 6) is 0. The molecule has 0 spiro atoms. The van der Waals surface area contributed by atoms with Crippen LogP contribution in [0.4, 0.5) is 18.9 Å². The number of hydrogen-bond donors (Lipinski definition) is 1. The van der Waals surface area contributed by atoms with Crippen LogP contribution in [0.15, 0.2) is 60.3 Å². The van der Waals surface area contributed by atoms with Crippen molar-refractivity contribution in [1.82, 2.24) is 4.57 Å². The van der Waals surface area contributed by atoms with Crippen molar-refractivity contribution in [2.24, 2.45) is 0 Å². The molecule has 0 radical (unpaired) electrons. The zero-order valence-electron chi connectivity index (χ0n) is 16.4. The van der Waals surface area contributed by atoms with Crippen molar-refractivity contribution in [3.8, 4) is 17.2 Å². The molecule has 4 rings (SSSR count). The zero-order valence-corrected chi connectivity index (χ0v) is 16.4. The Morgan fingerprint density at radius 3 is 2.57 bits per heavy atom. The fraction of sp³-hybridized carbons (Fsp3) is 0.208. The van der Waals surface area contributed by atoms with Gasteiger partial charge in [0.25, 0.3) is 0 Å². The van der Waals surface area contributed by atoms with Crippen molar-refractivity contribution < 1.29 is 13.2 Å². The van der Waals surface area contributed by atoms with Crippen molar-refractivity contribution in [2.75, 3.05) is 5.73 Å². The van der Waals surface area contributed by atoms with E-state index in [4.69, 9.17) is 5.73 Å². The molecular weight excluding hydrogens is 387 g/mol. The Bertz CT molecular complexity index is 1240. The molecule has 1 aliphatic carbocycles. The van der Waals surface area contributed by atoms with E-state index in [1.165, 1.54) is 0 Å². The fourth-order valence-electron chi connectivity index (χ4n) is 3.97. The molecule has 2 N–H and O–H groups in total. The third-order valence-corrected chi connectivity index (χ3v) is 5.55. The Kier molecular flexibility index (Phi) is 4.90. The quantitative estimate of drug-likeness (QED) is 0.498. The van der Waals surface area contributed by atoms with E-state index in [1.807, 2.05) is 48.0 Å². The molecule has 0 bridgehead atoms. The van der Waals surface area contributed by atoms with Crippen molar-refractivity contribution in [3.63, 3.8) is 0 Å². The summed E-state index contributed by atoms with van der Waals surface area (Å²) in [5, 5.41) is 10.3. The first-order valence-corrected chi connectivity index (χ1v) is 9.63. The molecule has 0 aliphatic heterocycles. The Morgan fingerprint density at radius 2 is 1.90 bits per heavy atom. The number of halogens is 3. The topological polar surface area (TPSA) is 54.7 Å². The van der Waals surface area contributed by atoms with E-state index in [0.717, 1.165) is 33.3 Å². The van der Waals surface area contributed by atoms with Crippen LogP contribution in [0, 0.1) is 18.3 Å². The number of aromatic nitrogens is 1. The van der Waals surface area contributed by atoms with E-state index < -0.39 is 12.6 Å². The highest BCUT2D eigenvalue weighted by atomic mass is 19.4. The molecule has 0 amide bonds. The van der Waals surface area contributed by atoms with Crippen LogP contribution in [0.5, 0.6) is 0 Å². The average molecular weight is 407 g/mol. The van der Waals surface area contributed by atoms with Gasteiger partial charge in [-0.05, 0) is 61.2 Å². The Balaban J connectivity index is 1.86. The molecule has 6 heteroatoms. The SMILES string of the molecule is Cc1c(N)cccc1-c1cn(C2=CC=C(CC(F)(F)F)CC2)c2ccc(C#N)cc12. The number of allylic oxidation sites excluding steroid dienone is 4. The molecule has 152 valence electrons. The van der Waals surface area contributed by atoms with Gasteiger partial charge in [0.15, 0.2) is 0 Å². The molecule has 1 aliphatic rings. The molecular formula is C24H20F3N3. The highest BCUT2D eigenvalue weighted by Gasteiger charge is 2.29. The Labute approximate surface area is 172 Å². The van der Waals surface area contributed by atoms with Gasteiger partial charge in [-0.25, -0.2) is 0 Å². The maximum atomic E-state index is 12.7. The summed E-state index contributed by atoms with van der Waals surface area (Å²) in [4.78, 5) is 0. The van der Waals surface area contributed by atoms with E-state index in [0.29, 0.717) is 29.7 Å². The molecule has 30 heavy (non-hydrogen) atoms. The summed E-state index contributed by atoms with van der Waals surface area (Å²) < 4.78 is 40.1. The van der Waals surface area contributed by atoms with Crippen LogP contribution in [0.3, 0.4) is 0 Å². The van der Waals surface area contributed by atoms with Gasteiger partial charge in [-0.15, -0.1) is 0 Å². The normalized spacial score (nSPS) is 14.4. The summed E-state index contributed by atoms with van der Waals surface area (Å²) in [6.07, 6.45) is 1.15. The predicted octanol–water partition coefficient (Wildman–Crippen LogP) is 6.58. The number of nitrogen functional groups attached to an aromatic ring is 1. The van der Waals surface area contributed by atoms with E-state index in [-0.39, 0.29) is 0 Å². The first-order valence-electron chi connectivity index (χ1n) is 9.63. The molecule has 3 aromatic rings. The van der Waals surface area contributed by atoms with E-state index in [1.54, 1.807) is 18.2 Å².